The number of benzene rings is 2. The van der Waals surface area contributed by atoms with Crippen LogP contribution in [0, 0.1) is 0 Å². The molecule has 30 heavy (non-hydrogen) atoms. The minimum Gasteiger partial charge on any atom is -0.395 e. The van der Waals surface area contributed by atoms with Gasteiger partial charge in [0.25, 0.3) is 5.91 Å². The Balaban J connectivity index is 1.63. The van der Waals surface area contributed by atoms with Gasteiger partial charge in [0, 0.05) is 30.5 Å². The summed E-state index contributed by atoms with van der Waals surface area (Å²) >= 11 is 10.0. The van der Waals surface area contributed by atoms with E-state index in [1.54, 1.807) is 11.0 Å². The summed E-state index contributed by atoms with van der Waals surface area (Å²) in [5, 5.41) is 9.33. The Labute approximate surface area is 193 Å². The van der Waals surface area contributed by atoms with Crippen LogP contribution >= 0.6 is 39.9 Å². The number of thioether (sulfide) groups is 1. The molecule has 1 aliphatic heterocycles. The Morgan fingerprint density at radius 2 is 1.97 bits per heavy atom. The molecule has 8 heteroatoms. The van der Waals surface area contributed by atoms with Crippen LogP contribution in [0.4, 0.5) is 0 Å². The topological polar surface area (TPSA) is 60.9 Å². The fourth-order valence-electron chi connectivity index (χ4n) is 3.02. The summed E-state index contributed by atoms with van der Waals surface area (Å²) in [6.07, 6.45) is 1.95. The van der Waals surface area contributed by atoms with Gasteiger partial charge in [-0.25, -0.2) is 0 Å². The quantitative estimate of drug-likeness (QED) is 0.433. The van der Waals surface area contributed by atoms with E-state index in [1.165, 1.54) is 16.7 Å². The van der Waals surface area contributed by atoms with Crippen molar-refractivity contribution in [2.45, 2.75) is 13.0 Å². The molecule has 0 aromatic heterocycles. The maximum absolute atomic E-state index is 12.8. The molecule has 156 valence electrons. The summed E-state index contributed by atoms with van der Waals surface area (Å²) < 4.78 is 1.38. The van der Waals surface area contributed by atoms with Crippen LogP contribution in [0.3, 0.4) is 0 Å². The van der Waals surface area contributed by atoms with Crippen LogP contribution in [0.5, 0.6) is 0 Å². The van der Waals surface area contributed by atoms with Gasteiger partial charge in [-0.2, -0.15) is 0 Å². The van der Waals surface area contributed by atoms with Gasteiger partial charge >= 0.3 is 0 Å². The maximum atomic E-state index is 12.8. The summed E-state index contributed by atoms with van der Waals surface area (Å²) in [4.78, 5) is 29.1. The number of halogens is 1. The van der Waals surface area contributed by atoms with Gasteiger partial charge in [0.2, 0.25) is 5.91 Å². The molecule has 2 amide bonds. The highest BCUT2D eigenvalue weighted by atomic mass is 79.9. The van der Waals surface area contributed by atoms with Crippen LogP contribution in [0.25, 0.3) is 6.08 Å². The van der Waals surface area contributed by atoms with E-state index in [4.69, 9.17) is 12.2 Å². The number of carbonyl (C=O) groups is 2. The first-order valence-corrected chi connectivity index (χ1v) is 11.4. The van der Waals surface area contributed by atoms with Crippen molar-refractivity contribution in [3.05, 3.63) is 75.1 Å². The van der Waals surface area contributed by atoms with E-state index in [-0.39, 0.29) is 37.9 Å². The largest absolute Gasteiger partial charge is 0.395 e. The Morgan fingerprint density at radius 1 is 1.20 bits per heavy atom. The molecule has 0 radical (unpaired) electrons. The van der Waals surface area contributed by atoms with Crippen molar-refractivity contribution in [1.29, 1.82) is 0 Å². The first-order chi connectivity index (χ1) is 14.5. The van der Waals surface area contributed by atoms with Crippen LogP contribution in [-0.2, 0) is 16.1 Å². The third-order valence-corrected chi connectivity index (χ3v) is 6.38. The first-order valence-electron chi connectivity index (χ1n) is 9.41. The van der Waals surface area contributed by atoms with E-state index in [0.717, 1.165) is 15.6 Å². The van der Waals surface area contributed by atoms with Crippen molar-refractivity contribution >= 4 is 62.1 Å². The second-order valence-corrected chi connectivity index (χ2v) is 9.25. The molecule has 0 spiro atoms. The number of rotatable bonds is 8. The van der Waals surface area contributed by atoms with Gasteiger partial charge in [0.05, 0.1) is 11.5 Å². The van der Waals surface area contributed by atoms with Crippen molar-refractivity contribution < 1.29 is 14.7 Å². The average Bonchev–Trinajstić information content (AvgIpc) is 2.99. The SMILES string of the molecule is O=C(CCN1C(=O)C(=Cc2cccc(Br)c2)SC1=S)N(CCO)Cc1ccccc1. The van der Waals surface area contributed by atoms with Gasteiger partial charge in [0.1, 0.15) is 4.32 Å². The van der Waals surface area contributed by atoms with Crippen molar-refractivity contribution in [2.24, 2.45) is 0 Å². The summed E-state index contributed by atoms with van der Waals surface area (Å²) in [7, 11) is 0. The first kappa shape index (κ1) is 22.7. The van der Waals surface area contributed by atoms with Gasteiger partial charge in [-0.05, 0) is 29.3 Å². The van der Waals surface area contributed by atoms with E-state index in [0.29, 0.717) is 15.8 Å². The molecule has 1 saturated heterocycles. The zero-order valence-electron chi connectivity index (χ0n) is 16.2. The van der Waals surface area contributed by atoms with Gasteiger partial charge in [-0.15, -0.1) is 0 Å². The van der Waals surface area contributed by atoms with Crippen LogP contribution in [0.2, 0.25) is 0 Å². The summed E-state index contributed by atoms with van der Waals surface area (Å²) in [5.41, 5.74) is 1.89. The number of nitrogens with zero attached hydrogens (tertiary/aromatic N) is 2. The Morgan fingerprint density at radius 3 is 2.67 bits per heavy atom. The molecule has 1 fully saturated rings. The summed E-state index contributed by atoms with van der Waals surface area (Å²) in [6.45, 7) is 0.765. The molecule has 1 aliphatic rings. The fourth-order valence-corrected chi connectivity index (χ4v) is 4.75. The number of aliphatic hydroxyl groups excluding tert-OH is 1. The predicted octanol–water partition coefficient (Wildman–Crippen LogP) is 4.06. The van der Waals surface area contributed by atoms with E-state index < -0.39 is 0 Å². The van der Waals surface area contributed by atoms with E-state index >= 15 is 0 Å². The number of aliphatic hydroxyl groups is 1. The number of carbonyl (C=O) groups excluding carboxylic acids is 2. The van der Waals surface area contributed by atoms with Crippen molar-refractivity contribution in [1.82, 2.24) is 9.80 Å². The molecule has 2 aromatic carbocycles. The average molecular weight is 505 g/mol. The van der Waals surface area contributed by atoms with Gasteiger partial charge in [-0.1, -0.05) is 82.4 Å². The molecular weight excluding hydrogens is 484 g/mol. The second kappa shape index (κ2) is 10.9. The van der Waals surface area contributed by atoms with Gasteiger partial charge in [0.15, 0.2) is 0 Å². The standard InChI is InChI=1S/C22H21BrN2O3S2/c23-18-8-4-7-17(13-18)14-19-21(28)25(22(29)30-19)10-9-20(27)24(11-12-26)15-16-5-2-1-3-6-16/h1-8,13-14,26H,9-12,15H2. The van der Waals surface area contributed by atoms with Crippen LogP contribution in [0.1, 0.15) is 17.5 Å². The smallest absolute Gasteiger partial charge is 0.266 e. The Bertz CT molecular complexity index is 966. The van der Waals surface area contributed by atoms with Crippen LogP contribution in [0.15, 0.2) is 64.0 Å². The minimum atomic E-state index is -0.186. The molecule has 2 aromatic rings. The third kappa shape index (κ3) is 6.01. The minimum absolute atomic E-state index is 0.116. The molecule has 3 rings (SSSR count). The van der Waals surface area contributed by atoms with Crippen molar-refractivity contribution in [2.75, 3.05) is 19.7 Å². The lowest BCUT2D eigenvalue weighted by Gasteiger charge is -2.23. The highest BCUT2D eigenvalue weighted by molar-refractivity contribution is 9.10. The maximum Gasteiger partial charge on any atom is 0.266 e. The summed E-state index contributed by atoms with van der Waals surface area (Å²) in [6, 6.07) is 17.3. The molecule has 0 saturated carbocycles. The molecule has 0 aliphatic carbocycles. The molecular formula is C22H21BrN2O3S2. The summed E-state index contributed by atoms with van der Waals surface area (Å²) in [5.74, 6) is -0.313. The third-order valence-electron chi connectivity index (χ3n) is 4.51. The number of hydrogen-bond donors (Lipinski definition) is 1. The lowest BCUT2D eigenvalue weighted by atomic mass is 10.2. The molecule has 0 atom stereocenters. The number of amides is 2. The Kier molecular flexibility index (Phi) is 8.21. The van der Waals surface area contributed by atoms with Crippen molar-refractivity contribution in [3.8, 4) is 0 Å². The lowest BCUT2D eigenvalue weighted by Crippen LogP contribution is -2.37. The highest BCUT2D eigenvalue weighted by Crippen LogP contribution is 2.33. The molecule has 5 nitrogen and oxygen atoms in total. The number of hydrogen-bond acceptors (Lipinski definition) is 5. The van der Waals surface area contributed by atoms with Crippen molar-refractivity contribution in [3.63, 3.8) is 0 Å². The molecule has 1 heterocycles. The zero-order valence-corrected chi connectivity index (χ0v) is 19.4. The Hall–Kier alpha value is -2.00. The van der Waals surface area contributed by atoms with Gasteiger partial charge in [-0.3, -0.25) is 14.5 Å². The van der Waals surface area contributed by atoms with E-state index in [9.17, 15) is 14.7 Å². The molecule has 1 N–H and O–H groups in total. The highest BCUT2D eigenvalue weighted by Gasteiger charge is 2.32. The monoisotopic (exact) mass is 504 g/mol. The van der Waals surface area contributed by atoms with Crippen LogP contribution in [-0.4, -0.2) is 50.7 Å². The second-order valence-electron chi connectivity index (χ2n) is 6.66. The molecule has 0 bridgehead atoms. The normalized spacial score (nSPS) is 15.1. The fraction of sp³-hybridized carbons (Fsp3) is 0.227. The van der Waals surface area contributed by atoms with Crippen LogP contribution < -0.4 is 0 Å². The molecule has 0 unspecified atom stereocenters. The predicted molar refractivity (Wildman–Crippen MR) is 128 cm³/mol. The lowest BCUT2D eigenvalue weighted by molar-refractivity contribution is -0.132. The van der Waals surface area contributed by atoms with E-state index in [2.05, 4.69) is 15.9 Å². The number of thiocarbonyl (C=S) groups is 1. The zero-order chi connectivity index (χ0) is 21.5. The van der Waals surface area contributed by atoms with Gasteiger partial charge < -0.3 is 10.0 Å². The van der Waals surface area contributed by atoms with E-state index in [1.807, 2.05) is 54.6 Å².